The minimum absolute atomic E-state index is 0.387. The van der Waals surface area contributed by atoms with Gasteiger partial charge in [-0.25, -0.2) is 18.4 Å². The highest BCUT2D eigenvalue weighted by molar-refractivity contribution is 8.01. The van der Waals surface area contributed by atoms with E-state index in [2.05, 4.69) is 9.97 Å². The van der Waals surface area contributed by atoms with Crippen LogP contribution < -0.4 is 4.90 Å². The van der Waals surface area contributed by atoms with E-state index in [0.717, 1.165) is 30.0 Å². The molecule has 0 amide bonds. The summed E-state index contributed by atoms with van der Waals surface area (Å²) in [6, 6.07) is 0. The molecule has 0 bridgehead atoms. The van der Waals surface area contributed by atoms with Crippen molar-refractivity contribution in [3.63, 3.8) is 0 Å². The first-order valence-electron chi connectivity index (χ1n) is 6.95. The van der Waals surface area contributed by atoms with Crippen molar-refractivity contribution >= 4 is 39.0 Å². The van der Waals surface area contributed by atoms with E-state index in [4.69, 9.17) is 11.6 Å². The molecule has 21 heavy (non-hydrogen) atoms. The zero-order valence-electron chi connectivity index (χ0n) is 12.0. The van der Waals surface area contributed by atoms with Gasteiger partial charge in [0.05, 0.1) is 0 Å². The average molecular weight is 348 g/mol. The molecule has 1 unspecified atom stereocenters. The van der Waals surface area contributed by atoms with Crippen LogP contribution in [0.15, 0.2) is 0 Å². The molecule has 0 aromatic carbocycles. The van der Waals surface area contributed by atoms with Crippen LogP contribution in [0.5, 0.6) is 0 Å². The summed E-state index contributed by atoms with van der Waals surface area (Å²) in [7, 11) is -3.17. The zero-order chi connectivity index (χ0) is 15.2. The number of hydrogen-bond donors (Lipinski definition) is 0. The fourth-order valence-corrected chi connectivity index (χ4v) is 5.47. The summed E-state index contributed by atoms with van der Waals surface area (Å²) in [5, 5.41) is -0.0969. The standard InChI is InChI=1S/C13H18ClN3O2S2/c1-8-11(14)15-12(9-3-4-9)16-13(8)17-5-6-20-7-10(17)21(2,18)19/h9-10H,3-7H2,1-2H3. The molecule has 2 heterocycles. The first kappa shape index (κ1) is 15.4. The molecular weight excluding hydrogens is 330 g/mol. The minimum atomic E-state index is -3.17. The van der Waals surface area contributed by atoms with Gasteiger partial charge in [0.1, 0.15) is 22.2 Å². The lowest BCUT2D eigenvalue weighted by Gasteiger charge is -2.36. The van der Waals surface area contributed by atoms with E-state index in [1.165, 1.54) is 6.26 Å². The number of thioether (sulfide) groups is 1. The Labute approximate surface area is 134 Å². The van der Waals surface area contributed by atoms with Crippen LogP contribution in [0.25, 0.3) is 0 Å². The van der Waals surface area contributed by atoms with Crippen LogP contribution in [0.1, 0.15) is 30.1 Å². The van der Waals surface area contributed by atoms with Gasteiger partial charge < -0.3 is 4.90 Å². The van der Waals surface area contributed by atoms with Crippen molar-refractivity contribution in [1.29, 1.82) is 0 Å². The summed E-state index contributed by atoms with van der Waals surface area (Å²) >= 11 is 7.90. The molecular formula is C13H18ClN3O2S2. The van der Waals surface area contributed by atoms with E-state index in [1.54, 1.807) is 11.8 Å². The molecule has 1 aliphatic heterocycles. The van der Waals surface area contributed by atoms with E-state index in [-0.39, 0.29) is 0 Å². The number of nitrogens with zero attached hydrogens (tertiary/aromatic N) is 3. The molecule has 1 saturated heterocycles. The zero-order valence-corrected chi connectivity index (χ0v) is 14.4. The fourth-order valence-electron chi connectivity index (χ4n) is 2.48. The van der Waals surface area contributed by atoms with Gasteiger partial charge in [-0.05, 0) is 19.8 Å². The number of aromatic nitrogens is 2. The molecule has 0 N–H and O–H groups in total. The third-order valence-corrected chi connectivity index (χ3v) is 6.88. The lowest BCUT2D eigenvalue weighted by molar-refractivity contribution is 0.583. The summed E-state index contributed by atoms with van der Waals surface area (Å²) in [6.07, 6.45) is 3.46. The third-order valence-electron chi connectivity index (χ3n) is 3.87. The van der Waals surface area contributed by atoms with Crippen molar-refractivity contribution in [1.82, 2.24) is 9.97 Å². The Morgan fingerprint density at radius 1 is 1.33 bits per heavy atom. The van der Waals surface area contributed by atoms with E-state index in [0.29, 0.717) is 29.2 Å². The Kier molecular flexibility index (Phi) is 4.09. The van der Waals surface area contributed by atoms with Crippen molar-refractivity contribution in [3.05, 3.63) is 16.5 Å². The van der Waals surface area contributed by atoms with Gasteiger partial charge in [0.15, 0.2) is 9.84 Å². The van der Waals surface area contributed by atoms with Crippen molar-refractivity contribution in [2.24, 2.45) is 0 Å². The fraction of sp³-hybridized carbons (Fsp3) is 0.692. The summed E-state index contributed by atoms with van der Waals surface area (Å²) in [6.45, 7) is 2.52. The van der Waals surface area contributed by atoms with Crippen LogP contribution in [-0.4, -0.2) is 48.1 Å². The van der Waals surface area contributed by atoms with E-state index in [1.807, 2.05) is 11.8 Å². The van der Waals surface area contributed by atoms with E-state index in [9.17, 15) is 8.42 Å². The molecule has 5 nitrogen and oxygen atoms in total. The highest BCUT2D eigenvalue weighted by Crippen LogP contribution is 2.40. The topological polar surface area (TPSA) is 63.2 Å². The number of hydrogen-bond acceptors (Lipinski definition) is 6. The Morgan fingerprint density at radius 2 is 2.05 bits per heavy atom. The maximum atomic E-state index is 12.1. The Bertz CT molecular complexity index is 662. The molecule has 0 spiro atoms. The highest BCUT2D eigenvalue weighted by atomic mass is 35.5. The highest BCUT2D eigenvalue weighted by Gasteiger charge is 2.35. The molecule has 3 rings (SSSR count). The van der Waals surface area contributed by atoms with Crippen LogP contribution in [0.4, 0.5) is 5.82 Å². The van der Waals surface area contributed by atoms with Gasteiger partial charge in [-0.3, -0.25) is 0 Å². The molecule has 1 aromatic rings. The Morgan fingerprint density at radius 3 is 2.67 bits per heavy atom. The van der Waals surface area contributed by atoms with Crippen LogP contribution in [0.2, 0.25) is 5.15 Å². The van der Waals surface area contributed by atoms with Crippen LogP contribution in [0, 0.1) is 6.92 Å². The lowest BCUT2D eigenvalue weighted by atomic mass is 10.3. The lowest BCUT2D eigenvalue weighted by Crippen LogP contribution is -2.47. The molecule has 8 heteroatoms. The molecule has 1 atom stereocenters. The van der Waals surface area contributed by atoms with Gasteiger partial charge in [0.2, 0.25) is 0 Å². The molecule has 1 aromatic heterocycles. The average Bonchev–Trinajstić information content (AvgIpc) is 3.25. The number of rotatable bonds is 3. The normalized spacial score (nSPS) is 23.4. The summed E-state index contributed by atoms with van der Waals surface area (Å²) in [5.41, 5.74) is 0.765. The molecule has 1 aliphatic carbocycles. The maximum Gasteiger partial charge on any atom is 0.169 e. The number of sulfone groups is 1. The van der Waals surface area contributed by atoms with E-state index < -0.39 is 15.2 Å². The predicted molar refractivity (Wildman–Crippen MR) is 87.1 cm³/mol. The molecule has 116 valence electrons. The molecule has 1 saturated carbocycles. The van der Waals surface area contributed by atoms with Crippen LogP contribution in [0.3, 0.4) is 0 Å². The van der Waals surface area contributed by atoms with Crippen molar-refractivity contribution in [2.75, 3.05) is 29.2 Å². The molecule has 0 radical (unpaired) electrons. The van der Waals surface area contributed by atoms with Gasteiger partial charge in [-0.15, -0.1) is 0 Å². The van der Waals surface area contributed by atoms with Crippen molar-refractivity contribution in [2.45, 2.75) is 31.1 Å². The third kappa shape index (κ3) is 3.14. The van der Waals surface area contributed by atoms with E-state index >= 15 is 0 Å². The second kappa shape index (κ2) is 5.59. The Hall–Kier alpha value is -0.530. The molecule has 2 aliphatic rings. The first-order valence-corrected chi connectivity index (χ1v) is 10.4. The first-order chi connectivity index (χ1) is 9.88. The maximum absolute atomic E-state index is 12.1. The summed E-state index contributed by atoms with van der Waals surface area (Å²) < 4.78 is 24.1. The monoisotopic (exact) mass is 347 g/mol. The van der Waals surface area contributed by atoms with Crippen LogP contribution in [-0.2, 0) is 9.84 Å². The second-order valence-electron chi connectivity index (χ2n) is 5.65. The minimum Gasteiger partial charge on any atom is -0.338 e. The predicted octanol–water partition coefficient (Wildman–Crippen LogP) is 2.24. The van der Waals surface area contributed by atoms with Gasteiger partial charge in [0.25, 0.3) is 0 Å². The Balaban J connectivity index is 2.04. The number of anilines is 1. The van der Waals surface area contributed by atoms with Gasteiger partial charge >= 0.3 is 0 Å². The quantitative estimate of drug-likeness (QED) is 0.781. The second-order valence-corrected chi connectivity index (χ2v) is 9.36. The van der Waals surface area contributed by atoms with Crippen molar-refractivity contribution < 1.29 is 8.42 Å². The smallest absolute Gasteiger partial charge is 0.169 e. The van der Waals surface area contributed by atoms with Crippen LogP contribution >= 0.6 is 23.4 Å². The van der Waals surface area contributed by atoms with Gasteiger partial charge in [-0.2, -0.15) is 11.8 Å². The number of halogens is 1. The molecule has 2 fully saturated rings. The summed E-state index contributed by atoms with van der Waals surface area (Å²) in [4.78, 5) is 10.9. The SMILES string of the molecule is Cc1c(Cl)nc(C2CC2)nc1N1CCSCC1S(C)(=O)=O. The van der Waals surface area contributed by atoms with Crippen molar-refractivity contribution in [3.8, 4) is 0 Å². The largest absolute Gasteiger partial charge is 0.338 e. The van der Waals surface area contributed by atoms with Gasteiger partial charge in [0, 0.05) is 35.8 Å². The van der Waals surface area contributed by atoms with Gasteiger partial charge in [-0.1, -0.05) is 11.6 Å². The summed E-state index contributed by atoms with van der Waals surface area (Å²) in [5.74, 6) is 3.29.